The molecule has 0 saturated heterocycles. The zero-order chi connectivity index (χ0) is 26.6. The van der Waals surface area contributed by atoms with Crippen molar-refractivity contribution in [3.63, 3.8) is 0 Å². The van der Waals surface area contributed by atoms with Crippen LogP contribution >= 0.6 is 0 Å². The summed E-state index contributed by atoms with van der Waals surface area (Å²) in [6.45, 7) is 2.46. The molecule has 1 saturated carbocycles. The maximum Gasteiger partial charge on any atom is 0.439 e. The number of aromatic amines is 1. The van der Waals surface area contributed by atoms with Gasteiger partial charge in [-0.3, -0.25) is 23.7 Å². The molecule has 1 N–H and O–H groups in total. The SMILES string of the molecule is CCCCc1nc(C2CC2)c(CC(=O)OC)c(=O)n1Cc1ccc(-c2ccccc2-c2noc(=O)[nH]2)cc1. The fraction of sp³-hybridized carbons (Fsp3) is 0.345. The molecule has 38 heavy (non-hydrogen) atoms. The van der Waals surface area contributed by atoms with E-state index < -0.39 is 11.7 Å². The number of H-pyrrole nitrogens is 1. The second kappa shape index (κ2) is 11.0. The van der Waals surface area contributed by atoms with Gasteiger partial charge in [-0.2, -0.15) is 0 Å². The van der Waals surface area contributed by atoms with Crippen LogP contribution in [0.5, 0.6) is 0 Å². The highest BCUT2D eigenvalue weighted by Crippen LogP contribution is 2.40. The number of nitrogens with zero attached hydrogens (tertiary/aromatic N) is 3. The van der Waals surface area contributed by atoms with E-state index in [4.69, 9.17) is 9.72 Å². The van der Waals surface area contributed by atoms with E-state index in [2.05, 4.69) is 21.6 Å². The van der Waals surface area contributed by atoms with Gasteiger partial charge in [-0.05, 0) is 36.0 Å². The number of unbranched alkanes of at least 4 members (excludes halogenated alkanes) is 1. The number of nitrogens with one attached hydrogen (secondary N) is 1. The van der Waals surface area contributed by atoms with Gasteiger partial charge in [-0.25, -0.2) is 9.78 Å². The van der Waals surface area contributed by atoms with E-state index in [9.17, 15) is 14.4 Å². The fourth-order valence-electron chi connectivity index (χ4n) is 4.68. The van der Waals surface area contributed by atoms with Gasteiger partial charge in [0, 0.05) is 17.9 Å². The Bertz CT molecular complexity index is 1560. The van der Waals surface area contributed by atoms with Gasteiger partial charge in [0.15, 0.2) is 5.82 Å². The van der Waals surface area contributed by atoms with Crippen molar-refractivity contribution in [3.05, 3.63) is 92.1 Å². The van der Waals surface area contributed by atoms with Crippen LogP contribution in [0.15, 0.2) is 62.6 Å². The van der Waals surface area contributed by atoms with Crippen LogP contribution < -0.4 is 11.3 Å². The Morgan fingerprint density at radius 2 is 1.84 bits per heavy atom. The molecule has 9 heteroatoms. The third-order valence-corrected chi connectivity index (χ3v) is 6.87. The molecule has 9 nitrogen and oxygen atoms in total. The van der Waals surface area contributed by atoms with Crippen molar-refractivity contribution in [1.29, 1.82) is 0 Å². The van der Waals surface area contributed by atoms with E-state index in [0.717, 1.165) is 59.5 Å². The number of aromatic nitrogens is 4. The van der Waals surface area contributed by atoms with Gasteiger partial charge >= 0.3 is 11.7 Å². The molecule has 0 atom stereocenters. The molecule has 2 aromatic carbocycles. The highest BCUT2D eigenvalue weighted by molar-refractivity contribution is 5.80. The van der Waals surface area contributed by atoms with Crippen LogP contribution in [0.2, 0.25) is 0 Å². The molecule has 5 rings (SSSR count). The number of esters is 1. The van der Waals surface area contributed by atoms with E-state index in [1.807, 2.05) is 48.5 Å². The molecule has 2 aromatic heterocycles. The molecular formula is C29H30N4O5. The average molecular weight is 515 g/mol. The number of aryl methyl sites for hydroxylation is 1. The minimum absolute atomic E-state index is 0.0674. The summed E-state index contributed by atoms with van der Waals surface area (Å²) in [5, 5.41) is 3.83. The Morgan fingerprint density at radius 3 is 2.47 bits per heavy atom. The highest BCUT2D eigenvalue weighted by atomic mass is 16.5. The van der Waals surface area contributed by atoms with Crippen LogP contribution in [0.3, 0.4) is 0 Å². The van der Waals surface area contributed by atoms with Gasteiger partial charge in [-0.15, -0.1) is 0 Å². The summed E-state index contributed by atoms with van der Waals surface area (Å²) in [7, 11) is 1.33. The normalized spacial score (nSPS) is 13.0. The first kappa shape index (κ1) is 25.4. The third kappa shape index (κ3) is 5.37. The monoisotopic (exact) mass is 514 g/mol. The first-order valence-corrected chi connectivity index (χ1v) is 12.9. The molecule has 0 aliphatic heterocycles. The van der Waals surface area contributed by atoms with Gasteiger partial charge < -0.3 is 4.74 Å². The molecule has 0 spiro atoms. The van der Waals surface area contributed by atoms with Gasteiger partial charge in [0.25, 0.3) is 5.56 Å². The Morgan fingerprint density at radius 1 is 1.11 bits per heavy atom. The number of hydrogen-bond donors (Lipinski definition) is 1. The summed E-state index contributed by atoms with van der Waals surface area (Å²) in [5.41, 5.74) is 4.55. The Labute approximate surface area is 219 Å². The molecule has 4 aromatic rings. The minimum Gasteiger partial charge on any atom is -0.469 e. The highest BCUT2D eigenvalue weighted by Gasteiger charge is 2.31. The number of methoxy groups -OCH3 is 1. The third-order valence-electron chi connectivity index (χ3n) is 6.87. The summed E-state index contributed by atoms with van der Waals surface area (Å²) in [6.07, 6.45) is 4.52. The van der Waals surface area contributed by atoms with Gasteiger partial charge in [0.2, 0.25) is 0 Å². The maximum absolute atomic E-state index is 13.7. The number of benzene rings is 2. The van der Waals surface area contributed by atoms with E-state index in [-0.39, 0.29) is 17.9 Å². The Kier molecular flexibility index (Phi) is 7.35. The van der Waals surface area contributed by atoms with Crippen molar-refractivity contribution in [1.82, 2.24) is 19.7 Å². The van der Waals surface area contributed by atoms with Crippen molar-refractivity contribution >= 4 is 5.97 Å². The average Bonchev–Trinajstić information content (AvgIpc) is 3.70. The lowest BCUT2D eigenvalue weighted by Crippen LogP contribution is -2.32. The largest absolute Gasteiger partial charge is 0.469 e. The maximum atomic E-state index is 13.7. The summed E-state index contributed by atoms with van der Waals surface area (Å²) in [4.78, 5) is 44.9. The Hall–Kier alpha value is -4.27. The number of carbonyl (C=O) groups is 1. The molecule has 0 unspecified atom stereocenters. The topological polar surface area (TPSA) is 120 Å². The van der Waals surface area contributed by atoms with Gasteiger partial charge in [0.1, 0.15) is 5.82 Å². The molecular weight excluding hydrogens is 484 g/mol. The van der Waals surface area contributed by atoms with E-state index >= 15 is 0 Å². The molecule has 1 aliphatic carbocycles. The van der Waals surface area contributed by atoms with Crippen LogP contribution in [0.25, 0.3) is 22.5 Å². The summed E-state index contributed by atoms with van der Waals surface area (Å²) in [5.74, 6) is 0.326. The lowest BCUT2D eigenvalue weighted by Gasteiger charge is -2.17. The van der Waals surface area contributed by atoms with Crippen molar-refractivity contribution < 1.29 is 14.1 Å². The van der Waals surface area contributed by atoms with Crippen LogP contribution in [0, 0.1) is 0 Å². The van der Waals surface area contributed by atoms with E-state index in [0.29, 0.717) is 24.4 Å². The summed E-state index contributed by atoms with van der Waals surface area (Å²) in [6, 6.07) is 15.5. The number of carbonyl (C=O) groups excluding carboxylic acids is 1. The lowest BCUT2D eigenvalue weighted by molar-refractivity contribution is -0.139. The van der Waals surface area contributed by atoms with E-state index in [1.54, 1.807) is 4.57 Å². The van der Waals surface area contributed by atoms with Crippen molar-refractivity contribution in [2.75, 3.05) is 7.11 Å². The zero-order valence-corrected chi connectivity index (χ0v) is 21.5. The Balaban J connectivity index is 1.49. The minimum atomic E-state index is -0.609. The van der Waals surface area contributed by atoms with Crippen molar-refractivity contribution in [2.45, 2.75) is 57.9 Å². The predicted octanol–water partition coefficient (Wildman–Crippen LogP) is 4.24. The first-order chi connectivity index (χ1) is 18.5. The fourth-order valence-corrected chi connectivity index (χ4v) is 4.68. The molecule has 2 heterocycles. The summed E-state index contributed by atoms with van der Waals surface area (Å²) < 4.78 is 11.3. The second-order valence-electron chi connectivity index (χ2n) is 9.60. The van der Waals surface area contributed by atoms with Crippen molar-refractivity contribution in [3.8, 4) is 22.5 Å². The number of hydrogen-bond acceptors (Lipinski definition) is 7. The quantitative estimate of drug-likeness (QED) is 0.314. The standard InChI is InChI=1S/C29H30N4O5/c1-3-4-9-24-30-26(20-14-15-20)23(16-25(34)37-2)28(35)33(24)17-18-10-12-19(13-11-18)21-7-5-6-8-22(21)27-31-29(36)38-32-27/h5-8,10-13,20H,3-4,9,14-17H2,1-2H3,(H,31,32,36). The molecule has 0 amide bonds. The van der Waals surface area contributed by atoms with E-state index in [1.165, 1.54) is 7.11 Å². The first-order valence-electron chi connectivity index (χ1n) is 12.9. The molecule has 0 bridgehead atoms. The van der Waals surface area contributed by atoms with Gasteiger partial charge in [-0.1, -0.05) is 67.0 Å². The molecule has 1 aliphatic rings. The smallest absolute Gasteiger partial charge is 0.439 e. The van der Waals surface area contributed by atoms with Crippen LogP contribution in [0.4, 0.5) is 0 Å². The van der Waals surface area contributed by atoms with Crippen LogP contribution in [-0.4, -0.2) is 32.8 Å². The molecule has 0 radical (unpaired) electrons. The number of ether oxygens (including phenoxy) is 1. The second-order valence-corrected chi connectivity index (χ2v) is 9.60. The number of rotatable bonds is 10. The zero-order valence-electron chi connectivity index (χ0n) is 21.5. The van der Waals surface area contributed by atoms with Gasteiger partial charge in [0.05, 0.1) is 31.3 Å². The molecule has 196 valence electrons. The van der Waals surface area contributed by atoms with Crippen LogP contribution in [0.1, 0.15) is 61.2 Å². The summed E-state index contributed by atoms with van der Waals surface area (Å²) >= 11 is 0. The lowest BCUT2D eigenvalue weighted by atomic mass is 9.98. The van der Waals surface area contributed by atoms with Crippen LogP contribution in [-0.2, 0) is 28.9 Å². The van der Waals surface area contributed by atoms with Crippen molar-refractivity contribution in [2.24, 2.45) is 0 Å². The predicted molar refractivity (Wildman–Crippen MR) is 142 cm³/mol. The molecule has 1 fully saturated rings.